The van der Waals surface area contributed by atoms with Crippen molar-refractivity contribution in [2.24, 2.45) is 10.8 Å². The summed E-state index contributed by atoms with van der Waals surface area (Å²) in [7, 11) is -3.67. The summed E-state index contributed by atoms with van der Waals surface area (Å²) >= 11 is 0. The van der Waals surface area contributed by atoms with Crippen molar-refractivity contribution in [3.63, 3.8) is 0 Å². The first-order valence-electron chi connectivity index (χ1n) is 13.7. The van der Waals surface area contributed by atoms with Crippen molar-refractivity contribution in [2.45, 2.75) is 71.6 Å². The second-order valence-corrected chi connectivity index (χ2v) is 13.7. The molecule has 1 aromatic heterocycles. The maximum absolute atomic E-state index is 13.9. The quantitative estimate of drug-likeness (QED) is 0.226. The SMILES string of the molecule is CC(C)(C)C(CCCCC1(C#N)CCc2c(c3ccccc3n2S(C)(=O)=O)C1=O)(NC(=O)O)OCc1ccccc1. The number of rotatable bonds is 10. The summed E-state index contributed by atoms with van der Waals surface area (Å²) in [4.78, 5) is 25.8. The lowest BCUT2D eigenvalue weighted by atomic mass is 9.69. The molecule has 0 bridgehead atoms. The maximum atomic E-state index is 13.9. The molecule has 2 unspecified atom stereocenters. The number of carbonyl (C=O) groups is 2. The van der Waals surface area contributed by atoms with Gasteiger partial charge >= 0.3 is 6.09 Å². The number of nitriles is 1. The molecule has 1 aliphatic rings. The summed E-state index contributed by atoms with van der Waals surface area (Å²) in [6, 6.07) is 18.7. The molecule has 218 valence electrons. The van der Waals surface area contributed by atoms with E-state index in [1.54, 1.807) is 24.3 Å². The van der Waals surface area contributed by atoms with Gasteiger partial charge in [-0.1, -0.05) is 75.7 Å². The Morgan fingerprint density at radius 1 is 1.12 bits per heavy atom. The van der Waals surface area contributed by atoms with Crippen LogP contribution in [0.25, 0.3) is 10.9 Å². The van der Waals surface area contributed by atoms with Gasteiger partial charge in [0.2, 0.25) is 10.0 Å². The predicted octanol–water partition coefficient (Wildman–Crippen LogP) is 5.88. The third-order valence-corrected chi connectivity index (χ3v) is 9.23. The van der Waals surface area contributed by atoms with E-state index < -0.39 is 32.7 Å². The first-order chi connectivity index (χ1) is 19.2. The molecule has 0 spiro atoms. The minimum atomic E-state index is -3.67. The van der Waals surface area contributed by atoms with E-state index in [-0.39, 0.29) is 31.7 Å². The Bertz CT molecular complexity index is 1600. The van der Waals surface area contributed by atoms with Crippen LogP contribution in [0.5, 0.6) is 0 Å². The Morgan fingerprint density at radius 2 is 1.78 bits per heavy atom. The average Bonchev–Trinajstić information content (AvgIpc) is 3.26. The standard InChI is InChI=1S/C31H37N3O6S/c1-29(2,3)31(33-28(36)37,40-20-22-12-6-5-7-13-22)18-11-10-17-30(21-32)19-16-25-26(27(30)35)23-14-8-9-15-24(23)34(25)41(4,38)39/h5-9,12-15,33H,10-11,16-20H2,1-4H3,(H,36,37). The van der Waals surface area contributed by atoms with E-state index in [0.29, 0.717) is 41.4 Å². The van der Waals surface area contributed by atoms with Gasteiger partial charge < -0.3 is 9.84 Å². The van der Waals surface area contributed by atoms with E-state index in [1.807, 2.05) is 51.1 Å². The molecule has 41 heavy (non-hydrogen) atoms. The topological polar surface area (TPSA) is 138 Å². The maximum Gasteiger partial charge on any atom is 0.406 e. The fourth-order valence-electron chi connectivity index (χ4n) is 5.91. The zero-order chi connectivity index (χ0) is 30.1. The highest BCUT2D eigenvalue weighted by atomic mass is 32.2. The van der Waals surface area contributed by atoms with Crippen LogP contribution in [0.2, 0.25) is 0 Å². The number of nitrogens with one attached hydrogen (secondary N) is 1. The smallest absolute Gasteiger partial charge is 0.406 e. The number of ether oxygens (including phenoxy) is 1. The van der Waals surface area contributed by atoms with Gasteiger partial charge in [-0.3, -0.25) is 10.1 Å². The van der Waals surface area contributed by atoms with Gasteiger partial charge in [-0.25, -0.2) is 17.2 Å². The third kappa shape index (κ3) is 5.88. The molecular weight excluding hydrogens is 542 g/mol. The Kier molecular flexibility index (Phi) is 8.35. The molecule has 2 atom stereocenters. The number of ketones is 1. The number of amides is 1. The average molecular weight is 580 g/mol. The molecule has 9 nitrogen and oxygen atoms in total. The molecule has 0 aliphatic heterocycles. The van der Waals surface area contributed by atoms with Gasteiger partial charge in [-0.2, -0.15) is 5.26 Å². The molecule has 1 heterocycles. The summed E-state index contributed by atoms with van der Waals surface area (Å²) in [5.74, 6) is -0.356. The monoisotopic (exact) mass is 579 g/mol. The molecular formula is C31H37N3O6S. The van der Waals surface area contributed by atoms with Crippen LogP contribution in [-0.2, 0) is 27.8 Å². The number of unbranched alkanes of at least 4 members (excludes halogenated alkanes) is 1. The zero-order valence-electron chi connectivity index (χ0n) is 23.9. The van der Waals surface area contributed by atoms with Gasteiger partial charge in [-0.15, -0.1) is 0 Å². The molecule has 2 aromatic carbocycles. The van der Waals surface area contributed by atoms with Crippen LogP contribution in [0.15, 0.2) is 54.6 Å². The van der Waals surface area contributed by atoms with Crippen molar-refractivity contribution in [3.8, 4) is 6.07 Å². The van der Waals surface area contributed by atoms with Gasteiger partial charge in [0.15, 0.2) is 5.78 Å². The number of para-hydroxylation sites is 1. The molecule has 3 aromatic rings. The zero-order valence-corrected chi connectivity index (χ0v) is 24.8. The largest absolute Gasteiger partial charge is 0.465 e. The van der Waals surface area contributed by atoms with Gasteiger partial charge in [0.25, 0.3) is 0 Å². The number of Topliss-reactive ketones (excluding diaryl/α,β-unsaturated/α-hetero) is 1. The van der Waals surface area contributed by atoms with E-state index in [2.05, 4.69) is 11.4 Å². The number of aromatic nitrogens is 1. The van der Waals surface area contributed by atoms with E-state index in [1.165, 1.54) is 3.97 Å². The van der Waals surface area contributed by atoms with Crippen molar-refractivity contribution >= 4 is 32.8 Å². The second kappa shape index (κ2) is 11.3. The Morgan fingerprint density at radius 3 is 2.39 bits per heavy atom. The minimum Gasteiger partial charge on any atom is -0.465 e. The highest BCUT2D eigenvalue weighted by Crippen LogP contribution is 2.44. The molecule has 0 saturated carbocycles. The Hall–Kier alpha value is -3.68. The molecule has 0 radical (unpaired) electrons. The van der Waals surface area contributed by atoms with E-state index in [4.69, 9.17) is 4.74 Å². The summed E-state index contributed by atoms with van der Waals surface area (Å²) in [6.45, 7) is 5.95. The van der Waals surface area contributed by atoms with Crippen molar-refractivity contribution in [3.05, 3.63) is 71.4 Å². The Balaban J connectivity index is 1.56. The molecule has 0 fully saturated rings. The van der Waals surface area contributed by atoms with Gasteiger partial charge in [0.05, 0.1) is 24.4 Å². The summed E-state index contributed by atoms with van der Waals surface area (Å²) in [5, 5.41) is 23.1. The van der Waals surface area contributed by atoms with E-state index >= 15 is 0 Å². The lowest BCUT2D eigenvalue weighted by Gasteiger charge is -2.44. The number of fused-ring (bicyclic) bond motifs is 3. The summed E-state index contributed by atoms with van der Waals surface area (Å²) < 4.78 is 32.8. The number of carbonyl (C=O) groups excluding carboxylic acids is 1. The molecule has 10 heteroatoms. The van der Waals surface area contributed by atoms with Gasteiger partial charge in [-0.05, 0) is 43.7 Å². The normalized spacial score (nSPS) is 18.9. The highest BCUT2D eigenvalue weighted by Gasteiger charge is 2.47. The van der Waals surface area contributed by atoms with Crippen LogP contribution in [0.4, 0.5) is 4.79 Å². The summed E-state index contributed by atoms with van der Waals surface area (Å²) in [5.41, 5.74) is -1.02. The molecule has 4 rings (SSSR count). The molecule has 2 N–H and O–H groups in total. The van der Waals surface area contributed by atoms with Crippen LogP contribution in [-0.4, -0.2) is 41.4 Å². The molecule has 0 saturated heterocycles. The number of benzene rings is 2. The first-order valence-corrected chi connectivity index (χ1v) is 15.6. The van der Waals surface area contributed by atoms with Crippen molar-refractivity contribution in [2.75, 3.05) is 6.26 Å². The highest BCUT2D eigenvalue weighted by molar-refractivity contribution is 7.89. The van der Waals surface area contributed by atoms with E-state index in [0.717, 1.165) is 11.8 Å². The predicted molar refractivity (Wildman–Crippen MR) is 156 cm³/mol. The number of nitrogens with zero attached hydrogens (tertiary/aromatic N) is 2. The molecule has 1 amide bonds. The van der Waals surface area contributed by atoms with E-state index in [9.17, 15) is 28.4 Å². The third-order valence-electron chi connectivity index (χ3n) is 8.15. The first kappa shape index (κ1) is 30.3. The van der Waals surface area contributed by atoms with Crippen molar-refractivity contribution in [1.29, 1.82) is 5.26 Å². The van der Waals surface area contributed by atoms with Crippen LogP contribution >= 0.6 is 0 Å². The summed E-state index contributed by atoms with van der Waals surface area (Å²) in [6.07, 6.45) is 2.00. The fourth-order valence-corrected chi connectivity index (χ4v) is 7.01. The van der Waals surface area contributed by atoms with Crippen molar-refractivity contribution < 1.29 is 27.9 Å². The number of carboxylic acid groups (broad SMARTS) is 1. The molecule has 1 aliphatic carbocycles. The van der Waals surface area contributed by atoms with Gasteiger partial charge in [0.1, 0.15) is 11.1 Å². The van der Waals surface area contributed by atoms with Crippen LogP contribution < -0.4 is 5.32 Å². The minimum absolute atomic E-state index is 0.212. The van der Waals surface area contributed by atoms with Crippen LogP contribution in [0.3, 0.4) is 0 Å². The lowest BCUT2D eigenvalue weighted by Crippen LogP contribution is -2.58. The number of hydrogen-bond donors (Lipinski definition) is 2. The van der Waals surface area contributed by atoms with Crippen LogP contribution in [0, 0.1) is 22.2 Å². The van der Waals surface area contributed by atoms with Crippen LogP contribution in [0.1, 0.15) is 74.5 Å². The number of hydrogen-bond acceptors (Lipinski definition) is 6. The fraction of sp³-hybridized carbons (Fsp3) is 0.452. The van der Waals surface area contributed by atoms with Crippen molar-refractivity contribution in [1.82, 2.24) is 9.29 Å². The van der Waals surface area contributed by atoms with Gasteiger partial charge in [0, 0.05) is 22.1 Å². The second-order valence-electron chi connectivity index (χ2n) is 11.9. The Labute approximate surface area is 241 Å². The lowest BCUT2D eigenvalue weighted by molar-refractivity contribution is -0.149.